The molecule has 3 rings (SSSR count). The third-order valence-electron chi connectivity index (χ3n) is 6.67. The van der Waals surface area contributed by atoms with E-state index in [1.54, 1.807) is 0 Å². The molecule has 1 saturated heterocycles. The Morgan fingerprint density at radius 2 is 1.94 bits per heavy atom. The Hall–Kier alpha value is -1.65. The normalized spacial score (nSPS) is 25.2. The molecule has 0 radical (unpaired) electrons. The largest absolute Gasteiger partial charge is 0.416 e. The summed E-state index contributed by atoms with van der Waals surface area (Å²) in [6, 6.07) is 3.06. The van der Waals surface area contributed by atoms with Crippen LogP contribution in [-0.2, 0) is 21.0 Å². The van der Waals surface area contributed by atoms with Gasteiger partial charge in [0.15, 0.2) is 0 Å². The van der Waals surface area contributed by atoms with Gasteiger partial charge in [-0.05, 0) is 63.1 Å². The highest BCUT2D eigenvalue weighted by Crippen LogP contribution is 2.43. The van der Waals surface area contributed by atoms with Gasteiger partial charge in [0.1, 0.15) is 0 Å². The molecule has 0 unspecified atom stereocenters. The van der Waals surface area contributed by atoms with Crippen LogP contribution in [0.2, 0.25) is 0 Å². The molecule has 1 aliphatic carbocycles. The van der Waals surface area contributed by atoms with Crippen molar-refractivity contribution in [3.8, 4) is 0 Å². The maximum Gasteiger partial charge on any atom is 0.416 e. The van der Waals surface area contributed by atoms with Crippen molar-refractivity contribution in [2.75, 3.05) is 13.1 Å². The summed E-state index contributed by atoms with van der Waals surface area (Å²) in [6.07, 6.45) is -1.70. The standard InChI is InChI=1S/C22H32F3N3O3S/c1-4-6-19(26)21(29)28(14(2)3)20-10-9-15-12-27(13-18(15)20)32(30,31)17-8-5-7-16(11-17)22(23,24)25/h5,7-8,11,14-15,18-20H,4,6,9-10,12-13,26H2,1-3H3/t15-,18+,19+,20+/m1/s1. The Labute approximate surface area is 188 Å². The smallest absolute Gasteiger partial charge is 0.336 e. The Balaban J connectivity index is 1.82. The van der Waals surface area contributed by atoms with Crippen LogP contribution in [0.1, 0.15) is 52.0 Å². The molecule has 4 atom stereocenters. The van der Waals surface area contributed by atoms with Gasteiger partial charge in [0.25, 0.3) is 0 Å². The third-order valence-corrected chi connectivity index (χ3v) is 8.50. The summed E-state index contributed by atoms with van der Waals surface area (Å²) in [5, 5.41) is 0. The van der Waals surface area contributed by atoms with Crippen LogP contribution >= 0.6 is 0 Å². The Kier molecular flexibility index (Phi) is 7.26. The quantitative estimate of drug-likeness (QED) is 0.655. The minimum Gasteiger partial charge on any atom is -0.336 e. The molecule has 6 nitrogen and oxygen atoms in total. The van der Waals surface area contributed by atoms with Crippen LogP contribution in [0, 0.1) is 11.8 Å². The van der Waals surface area contributed by atoms with Crippen LogP contribution in [0.4, 0.5) is 13.2 Å². The van der Waals surface area contributed by atoms with Crippen molar-refractivity contribution < 1.29 is 26.4 Å². The molecule has 2 N–H and O–H groups in total. The van der Waals surface area contributed by atoms with E-state index in [4.69, 9.17) is 5.73 Å². The molecule has 0 spiro atoms. The van der Waals surface area contributed by atoms with Crippen molar-refractivity contribution in [1.29, 1.82) is 0 Å². The van der Waals surface area contributed by atoms with E-state index in [0.29, 0.717) is 12.5 Å². The molecule has 1 amide bonds. The number of amides is 1. The fraction of sp³-hybridized carbons (Fsp3) is 0.682. The summed E-state index contributed by atoms with van der Waals surface area (Å²) in [7, 11) is -4.07. The first-order valence-electron chi connectivity index (χ1n) is 11.1. The SMILES string of the molecule is CCC[C@H](N)C(=O)N(C(C)C)[C@H]1CC[C@@H]2CN(S(=O)(=O)c3cccc(C(F)(F)F)c3)C[C@@H]21. The van der Waals surface area contributed by atoms with Crippen LogP contribution in [0.25, 0.3) is 0 Å². The number of halogens is 3. The van der Waals surface area contributed by atoms with Gasteiger partial charge in [-0.1, -0.05) is 19.4 Å². The number of hydrogen-bond donors (Lipinski definition) is 1. The van der Waals surface area contributed by atoms with Gasteiger partial charge in [-0.25, -0.2) is 8.42 Å². The zero-order valence-electron chi connectivity index (χ0n) is 18.7. The molecule has 32 heavy (non-hydrogen) atoms. The zero-order valence-corrected chi connectivity index (χ0v) is 19.5. The molecule has 1 aromatic rings. The van der Waals surface area contributed by atoms with Gasteiger partial charge in [-0.2, -0.15) is 17.5 Å². The fourth-order valence-corrected chi connectivity index (χ4v) is 6.73. The summed E-state index contributed by atoms with van der Waals surface area (Å²) in [6.45, 7) is 6.26. The van der Waals surface area contributed by atoms with Gasteiger partial charge in [-0.3, -0.25) is 4.79 Å². The average molecular weight is 476 g/mol. The number of sulfonamides is 1. The molecule has 0 bridgehead atoms. The van der Waals surface area contributed by atoms with Crippen LogP contribution in [0.3, 0.4) is 0 Å². The summed E-state index contributed by atoms with van der Waals surface area (Å²) >= 11 is 0. The van der Waals surface area contributed by atoms with E-state index < -0.39 is 27.8 Å². The lowest BCUT2D eigenvalue weighted by atomic mass is 9.95. The van der Waals surface area contributed by atoms with E-state index in [9.17, 15) is 26.4 Å². The second-order valence-electron chi connectivity index (χ2n) is 9.15. The van der Waals surface area contributed by atoms with Crippen molar-refractivity contribution in [2.45, 2.75) is 75.7 Å². The second-order valence-corrected chi connectivity index (χ2v) is 11.1. The Bertz CT molecular complexity index is 936. The number of alkyl halides is 3. The number of fused-ring (bicyclic) bond motifs is 1. The molecule has 0 aromatic heterocycles. The second kappa shape index (κ2) is 9.30. The average Bonchev–Trinajstić information content (AvgIpc) is 3.30. The van der Waals surface area contributed by atoms with Gasteiger partial charge < -0.3 is 10.6 Å². The van der Waals surface area contributed by atoms with E-state index in [2.05, 4.69) is 0 Å². The molecular weight excluding hydrogens is 443 g/mol. The number of rotatable bonds is 7. The number of hydrogen-bond acceptors (Lipinski definition) is 4. The topological polar surface area (TPSA) is 83.7 Å². The highest BCUT2D eigenvalue weighted by molar-refractivity contribution is 7.89. The van der Waals surface area contributed by atoms with Crippen molar-refractivity contribution >= 4 is 15.9 Å². The Morgan fingerprint density at radius 3 is 2.53 bits per heavy atom. The van der Waals surface area contributed by atoms with E-state index >= 15 is 0 Å². The first-order chi connectivity index (χ1) is 14.9. The molecule has 1 aliphatic heterocycles. The van der Waals surface area contributed by atoms with Crippen LogP contribution in [0.15, 0.2) is 29.2 Å². The molecular formula is C22H32F3N3O3S. The number of benzene rings is 1. The van der Waals surface area contributed by atoms with E-state index in [0.717, 1.165) is 31.4 Å². The minimum absolute atomic E-state index is 0.0595. The highest BCUT2D eigenvalue weighted by atomic mass is 32.2. The summed E-state index contributed by atoms with van der Waals surface area (Å²) in [5.74, 6) is -0.112. The van der Waals surface area contributed by atoms with Gasteiger partial charge >= 0.3 is 6.18 Å². The van der Waals surface area contributed by atoms with Crippen molar-refractivity contribution in [3.05, 3.63) is 29.8 Å². The monoisotopic (exact) mass is 475 g/mol. The third kappa shape index (κ3) is 4.82. The van der Waals surface area contributed by atoms with Crippen molar-refractivity contribution in [3.63, 3.8) is 0 Å². The number of carbonyl (C=O) groups excluding carboxylic acids is 1. The molecule has 2 aliphatic rings. The molecule has 1 aromatic carbocycles. The lowest BCUT2D eigenvalue weighted by Gasteiger charge is -2.38. The maximum atomic E-state index is 13.1. The summed E-state index contributed by atoms with van der Waals surface area (Å²) < 4.78 is 66.8. The van der Waals surface area contributed by atoms with Gasteiger partial charge in [0.2, 0.25) is 15.9 Å². The number of nitrogens with zero attached hydrogens (tertiary/aromatic N) is 2. The molecule has 10 heteroatoms. The first kappa shape index (κ1) is 25.0. The fourth-order valence-electron chi connectivity index (χ4n) is 5.15. The van der Waals surface area contributed by atoms with E-state index in [1.807, 2.05) is 25.7 Å². The van der Waals surface area contributed by atoms with Gasteiger partial charge in [0, 0.05) is 25.2 Å². The van der Waals surface area contributed by atoms with Crippen molar-refractivity contribution in [1.82, 2.24) is 9.21 Å². The predicted octanol–water partition coefficient (Wildman–Crippen LogP) is 3.47. The van der Waals surface area contributed by atoms with Crippen molar-refractivity contribution in [2.24, 2.45) is 17.6 Å². The molecule has 1 heterocycles. The highest BCUT2D eigenvalue weighted by Gasteiger charge is 2.49. The predicted molar refractivity (Wildman–Crippen MR) is 115 cm³/mol. The lowest BCUT2D eigenvalue weighted by Crippen LogP contribution is -2.53. The Morgan fingerprint density at radius 1 is 1.25 bits per heavy atom. The number of nitrogens with two attached hydrogens (primary N) is 1. The van der Waals surface area contributed by atoms with Crippen LogP contribution in [0.5, 0.6) is 0 Å². The molecule has 180 valence electrons. The van der Waals surface area contributed by atoms with E-state index in [-0.39, 0.29) is 47.8 Å². The lowest BCUT2D eigenvalue weighted by molar-refractivity contribution is -0.138. The van der Waals surface area contributed by atoms with Crippen LogP contribution < -0.4 is 5.73 Å². The maximum absolute atomic E-state index is 13.1. The summed E-state index contributed by atoms with van der Waals surface area (Å²) in [5.41, 5.74) is 5.12. The summed E-state index contributed by atoms with van der Waals surface area (Å²) in [4.78, 5) is 14.5. The van der Waals surface area contributed by atoms with Crippen LogP contribution in [-0.4, -0.2) is 54.7 Å². The van der Waals surface area contributed by atoms with Gasteiger partial charge in [-0.15, -0.1) is 0 Å². The minimum atomic E-state index is -4.62. The number of carbonyl (C=O) groups is 1. The first-order valence-corrected chi connectivity index (χ1v) is 12.6. The van der Waals surface area contributed by atoms with E-state index in [1.165, 1.54) is 10.4 Å². The zero-order chi connectivity index (χ0) is 23.8. The molecule has 2 fully saturated rings. The molecule has 1 saturated carbocycles. The van der Waals surface area contributed by atoms with Gasteiger partial charge in [0.05, 0.1) is 16.5 Å².